The van der Waals surface area contributed by atoms with Crippen LogP contribution < -0.4 is 14.4 Å². The Hall–Kier alpha value is -2.54. The van der Waals surface area contributed by atoms with E-state index in [2.05, 4.69) is 5.32 Å². The summed E-state index contributed by atoms with van der Waals surface area (Å²) in [6.07, 6.45) is 1.86. The van der Waals surface area contributed by atoms with Gasteiger partial charge in [-0.2, -0.15) is 0 Å². The quantitative estimate of drug-likeness (QED) is 0.621. The van der Waals surface area contributed by atoms with Crippen molar-refractivity contribution in [3.05, 3.63) is 59.2 Å². The number of nitrogens with one attached hydrogen (secondary N) is 1. The van der Waals surface area contributed by atoms with Gasteiger partial charge in [0.05, 0.1) is 18.0 Å². The number of hydrogen-bond acceptors (Lipinski definition) is 4. The van der Waals surface area contributed by atoms with E-state index in [1.54, 1.807) is 0 Å². The van der Waals surface area contributed by atoms with Gasteiger partial charge in [0.25, 0.3) is 0 Å². The minimum atomic E-state index is -3.43. The zero-order valence-electron chi connectivity index (χ0n) is 18.4. The van der Waals surface area contributed by atoms with E-state index in [4.69, 9.17) is 4.74 Å². The second-order valence-electron chi connectivity index (χ2n) is 7.88. The molecule has 0 spiro atoms. The summed E-state index contributed by atoms with van der Waals surface area (Å²) in [4.78, 5) is 12.3. The van der Waals surface area contributed by atoms with Crippen LogP contribution in [0.5, 0.6) is 5.75 Å². The van der Waals surface area contributed by atoms with Gasteiger partial charge in [-0.3, -0.25) is 9.10 Å². The number of amides is 1. The van der Waals surface area contributed by atoms with E-state index in [-0.39, 0.29) is 24.9 Å². The number of anilines is 1. The number of rotatable bonds is 10. The highest BCUT2D eigenvalue weighted by molar-refractivity contribution is 7.92. The van der Waals surface area contributed by atoms with Crippen LogP contribution in [-0.4, -0.2) is 39.8 Å². The Morgan fingerprint density at radius 3 is 2.20 bits per heavy atom. The van der Waals surface area contributed by atoms with Crippen LogP contribution in [0.3, 0.4) is 0 Å². The smallest absolute Gasteiger partial charge is 0.232 e. The van der Waals surface area contributed by atoms with E-state index in [1.165, 1.54) is 10.6 Å². The number of aryl methyl sites for hydroxylation is 3. The van der Waals surface area contributed by atoms with E-state index in [9.17, 15) is 13.2 Å². The highest BCUT2D eigenvalue weighted by Crippen LogP contribution is 2.22. The van der Waals surface area contributed by atoms with E-state index in [0.717, 1.165) is 22.4 Å². The first-order chi connectivity index (χ1) is 14.0. The maximum Gasteiger partial charge on any atom is 0.232 e. The van der Waals surface area contributed by atoms with Gasteiger partial charge in [-0.15, -0.1) is 0 Å². The predicted molar refractivity (Wildman–Crippen MR) is 122 cm³/mol. The molecule has 0 bridgehead atoms. The molecule has 0 saturated carbocycles. The molecule has 0 radical (unpaired) electrons. The first kappa shape index (κ1) is 23.7. The third-order valence-electron chi connectivity index (χ3n) is 4.59. The summed E-state index contributed by atoms with van der Waals surface area (Å²) < 4.78 is 31.6. The lowest BCUT2D eigenvalue weighted by Crippen LogP contribution is -2.37. The van der Waals surface area contributed by atoms with Gasteiger partial charge in [-0.25, -0.2) is 8.42 Å². The maximum atomic E-state index is 12.3. The Morgan fingerprint density at radius 1 is 1.03 bits per heavy atom. The fourth-order valence-electron chi connectivity index (χ4n) is 3.21. The minimum Gasteiger partial charge on any atom is -0.491 e. The van der Waals surface area contributed by atoms with E-state index in [0.29, 0.717) is 18.7 Å². The summed E-state index contributed by atoms with van der Waals surface area (Å²) in [6, 6.07) is 13.3. The summed E-state index contributed by atoms with van der Waals surface area (Å²) in [6.45, 7) is 8.38. The summed E-state index contributed by atoms with van der Waals surface area (Å²) in [7, 11) is -3.43. The zero-order valence-corrected chi connectivity index (χ0v) is 19.3. The van der Waals surface area contributed by atoms with Crippen molar-refractivity contribution in [2.75, 3.05) is 23.7 Å². The second-order valence-corrected chi connectivity index (χ2v) is 9.78. The van der Waals surface area contributed by atoms with Gasteiger partial charge in [-0.1, -0.05) is 23.8 Å². The fraction of sp³-hybridized carbons (Fsp3) is 0.435. The fourth-order valence-corrected chi connectivity index (χ4v) is 4.16. The van der Waals surface area contributed by atoms with Crippen LogP contribution in [0, 0.1) is 20.8 Å². The van der Waals surface area contributed by atoms with Gasteiger partial charge in [0.1, 0.15) is 12.4 Å². The highest BCUT2D eigenvalue weighted by atomic mass is 32.2. The number of sulfonamides is 1. The molecule has 1 amide bonds. The summed E-state index contributed by atoms with van der Waals surface area (Å²) >= 11 is 0. The molecule has 2 rings (SSSR count). The van der Waals surface area contributed by atoms with Crippen molar-refractivity contribution in [2.24, 2.45) is 0 Å². The SMILES string of the molecule is Cc1ccc(OC[C@H](C)NC(=O)CCCN(c2cc(C)cc(C)c2)S(C)(=O)=O)cc1. The molecule has 164 valence electrons. The Labute approximate surface area is 180 Å². The van der Waals surface area contributed by atoms with Gasteiger partial charge >= 0.3 is 0 Å². The Bertz CT molecular complexity index is 935. The van der Waals surface area contributed by atoms with Crippen LogP contribution in [0.4, 0.5) is 5.69 Å². The van der Waals surface area contributed by atoms with E-state index >= 15 is 0 Å². The number of carbonyl (C=O) groups excluding carboxylic acids is 1. The molecule has 2 aromatic rings. The van der Waals surface area contributed by atoms with Crippen LogP contribution in [0.25, 0.3) is 0 Å². The number of ether oxygens (including phenoxy) is 1. The van der Waals surface area contributed by atoms with Crippen molar-refractivity contribution in [1.82, 2.24) is 5.32 Å². The molecule has 30 heavy (non-hydrogen) atoms. The van der Waals surface area contributed by atoms with Crippen molar-refractivity contribution >= 4 is 21.6 Å². The molecule has 0 aromatic heterocycles. The Kier molecular flexibility index (Phi) is 8.29. The van der Waals surface area contributed by atoms with Crippen molar-refractivity contribution in [2.45, 2.75) is 46.6 Å². The molecule has 0 unspecified atom stereocenters. The molecule has 0 aliphatic carbocycles. The highest BCUT2D eigenvalue weighted by Gasteiger charge is 2.18. The summed E-state index contributed by atoms with van der Waals surface area (Å²) in [5, 5.41) is 2.90. The minimum absolute atomic E-state index is 0.121. The van der Waals surface area contributed by atoms with Crippen LogP contribution in [0.2, 0.25) is 0 Å². The molecular weight excluding hydrogens is 400 g/mol. The number of nitrogens with zero attached hydrogens (tertiary/aromatic N) is 1. The molecule has 0 saturated heterocycles. The van der Waals surface area contributed by atoms with Gasteiger partial charge < -0.3 is 10.1 Å². The first-order valence-electron chi connectivity index (χ1n) is 10.1. The third kappa shape index (κ3) is 7.71. The van der Waals surface area contributed by atoms with Crippen molar-refractivity contribution in [1.29, 1.82) is 0 Å². The molecule has 7 heteroatoms. The summed E-state index contributed by atoms with van der Waals surface area (Å²) in [5.74, 6) is 0.642. The lowest BCUT2D eigenvalue weighted by molar-refractivity contribution is -0.121. The Morgan fingerprint density at radius 2 is 1.63 bits per heavy atom. The standard InChI is InChI=1S/C23H32N2O4S/c1-17-8-10-22(11-9-17)29-16-20(4)24-23(26)7-6-12-25(30(5,27)28)21-14-18(2)13-19(3)15-21/h8-11,13-15,20H,6-7,12,16H2,1-5H3,(H,24,26)/t20-/m0/s1. The molecule has 6 nitrogen and oxygen atoms in total. The maximum absolute atomic E-state index is 12.3. The monoisotopic (exact) mass is 432 g/mol. The number of carbonyl (C=O) groups is 1. The first-order valence-corrected chi connectivity index (χ1v) is 11.9. The topological polar surface area (TPSA) is 75.7 Å². The van der Waals surface area contributed by atoms with E-state index < -0.39 is 10.0 Å². The van der Waals surface area contributed by atoms with Crippen LogP contribution in [0.15, 0.2) is 42.5 Å². The zero-order chi connectivity index (χ0) is 22.3. The van der Waals surface area contributed by atoms with Gasteiger partial charge in [0, 0.05) is 13.0 Å². The molecule has 1 atom stereocenters. The van der Waals surface area contributed by atoms with Crippen molar-refractivity contribution in [3.63, 3.8) is 0 Å². The number of hydrogen-bond donors (Lipinski definition) is 1. The normalized spacial score (nSPS) is 12.3. The largest absolute Gasteiger partial charge is 0.491 e. The molecule has 0 aliphatic heterocycles. The number of benzene rings is 2. The van der Waals surface area contributed by atoms with Crippen molar-refractivity contribution < 1.29 is 17.9 Å². The van der Waals surface area contributed by atoms with E-state index in [1.807, 2.05) is 70.2 Å². The lowest BCUT2D eigenvalue weighted by Gasteiger charge is -2.23. The average molecular weight is 433 g/mol. The molecule has 0 heterocycles. The van der Waals surface area contributed by atoms with Gasteiger partial charge in [0.15, 0.2) is 0 Å². The molecule has 0 fully saturated rings. The summed E-state index contributed by atoms with van der Waals surface area (Å²) in [5.41, 5.74) is 3.79. The van der Waals surface area contributed by atoms with Crippen LogP contribution >= 0.6 is 0 Å². The third-order valence-corrected chi connectivity index (χ3v) is 5.78. The van der Waals surface area contributed by atoms with Gasteiger partial charge in [0.2, 0.25) is 15.9 Å². The lowest BCUT2D eigenvalue weighted by atomic mass is 10.1. The second kappa shape index (κ2) is 10.5. The van der Waals surface area contributed by atoms with Crippen LogP contribution in [0.1, 0.15) is 36.5 Å². The predicted octanol–water partition coefficient (Wildman–Crippen LogP) is 3.74. The Balaban J connectivity index is 1.84. The molecule has 1 N–H and O–H groups in total. The van der Waals surface area contributed by atoms with Crippen LogP contribution in [-0.2, 0) is 14.8 Å². The van der Waals surface area contributed by atoms with Crippen molar-refractivity contribution in [3.8, 4) is 5.75 Å². The molecular formula is C23H32N2O4S. The molecule has 2 aromatic carbocycles. The average Bonchev–Trinajstić information content (AvgIpc) is 2.63. The molecule has 0 aliphatic rings. The van der Waals surface area contributed by atoms with Gasteiger partial charge in [-0.05, 0) is 69.5 Å².